The molecule has 1 aliphatic heterocycles. The molecule has 1 fully saturated rings. The van der Waals surface area contributed by atoms with Crippen LogP contribution in [-0.2, 0) is 0 Å². The lowest BCUT2D eigenvalue weighted by Gasteiger charge is -2.35. The van der Waals surface area contributed by atoms with Gasteiger partial charge in [0, 0.05) is 19.1 Å². The molecule has 0 saturated carbocycles. The van der Waals surface area contributed by atoms with E-state index in [1.54, 1.807) is 7.11 Å². The predicted octanol–water partition coefficient (Wildman–Crippen LogP) is 1.79. The molecular formula is C16H26N2O2. The van der Waals surface area contributed by atoms with Crippen molar-refractivity contribution < 1.29 is 9.84 Å². The number of hydrogen-bond acceptors (Lipinski definition) is 4. The Bertz CT molecular complexity index is 423. The molecule has 0 aliphatic carbocycles. The highest BCUT2D eigenvalue weighted by atomic mass is 16.5. The van der Waals surface area contributed by atoms with E-state index >= 15 is 0 Å². The van der Waals surface area contributed by atoms with E-state index < -0.39 is 6.10 Å². The van der Waals surface area contributed by atoms with Crippen LogP contribution in [-0.4, -0.2) is 42.8 Å². The molecule has 2 rings (SSSR count). The zero-order valence-corrected chi connectivity index (χ0v) is 12.5. The Morgan fingerprint density at radius 2 is 2.30 bits per heavy atom. The van der Waals surface area contributed by atoms with E-state index in [2.05, 4.69) is 11.8 Å². The molecule has 112 valence electrons. The second-order valence-electron chi connectivity index (χ2n) is 5.81. The number of nitrogens with two attached hydrogens (primary N) is 1. The Morgan fingerprint density at radius 3 is 3.00 bits per heavy atom. The molecule has 3 unspecified atom stereocenters. The monoisotopic (exact) mass is 278 g/mol. The van der Waals surface area contributed by atoms with Gasteiger partial charge in [0.1, 0.15) is 5.75 Å². The van der Waals surface area contributed by atoms with Gasteiger partial charge < -0.3 is 20.5 Å². The first-order chi connectivity index (χ1) is 9.60. The molecule has 1 heterocycles. The van der Waals surface area contributed by atoms with E-state index in [9.17, 15) is 5.11 Å². The first kappa shape index (κ1) is 15.3. The molecule has 0 amide bonds. The number of piperidine rings is 1. The van der Waals surface area contributed by atoms with Gasteiger partial charge in [-0.1, -0.05) is 12.1 Å². The van der Waals surface area contributed by atoms with Crippen molar-refractivity contribution in [3.05, 3.63) is 29.8 Å². The molecule has 1 aliphatic rings. The minimum Gasteiger partial charge on any atom is -0.497 e. The average Bonchev–Trinajstić information content (AvgIpc) is 2.47. The Hall–Kier alpha value is -1.10. The number of rotatable bonds is 5. The molecule has 0 bridgehead atoms. The summed E-state index contributed by atoms with van der Waals surface area (Å²) in [7, 11) is 1.64. The minimum atomic E-state index is -0.475. The summed E-state index contributed by atoms with van der Waals surface area (Å²) in [6, 6.07) is 7.88. The first-order valence-corrected chi connectivity index (χ1v) is 7.40. The molecular weight excluding hydrogens is 252 g/mol. The van der Waals surface area contributed by atoms with Crippen LogP contribution in [0.4, 0.5) is 0 Å². The largest absolute Gasteiger partial charge is 0.497 e. The van der Waals surface area contributed by atoms with Gasteiger partial charge in [0.25, 0.3) is 0 Å². The molecule has 3 atom stereocenters. The smallest absolute Gasteiger partial charge is 0.119 e. The lowest BCUT2D eigenvalue weighted by Crippen LogP contribution is -2.43. The predicted molar refractivity (Wildman–Crippen MR) is 80.8 cm³/mol. The Kier molecular flexibility index (Phi) is 5.40. The molecule has 0 spiro atoms. The maximum atomic E-state index is 10.4. The van der Waals surface area contributed by atoms with Gasteiger partial charge >= 0.3 is 0 Å². The van der Waals surface area contributed by atoms with Gasteiger partial charge in [-0.25, -0.2) is 0 Å². The van der Waals surface area contributed by atoms with Crippen LogP contribution in [0.1, 0.15) is 31.4 Å². The average molecular weight is 278 g/mol. The molecule has 1 aromatic rings. The number of nitrogens with zero attached hydrogens (tertiary/aromatic N) is 1. The summed E-state index contributed by atoms with van der Waals surface area (Å²) < 4.78 is 5.20. The Morgan fingerprint density at radius 1 is 1.50 bits per heavy atom. The topological polar surface area (TPSA) is 58.7 Å². The van der Waals surface area contributed by atoms with Crippen molar-refractivity contribution in [3.8, 4) is 5.75 Å². The third kappa shape index (κ3) is 3.95. The van der Waals surface area contributed by atoms with E-state index in [4.69, 9.17) is 10.5 Å². The van der Waals surface area contributed by atoms with E-state index in [-0.39, 0.29) is 6.04 Å². The quantitative estimate of drug-likeness (QED) is 0.862. The van der Waals surface area contributed by atoms with Gasteiger partial charge in [-0.15, -0.1) is 0 Å². The van der Waals surface area contributed by atoms with Crippen molar-refractivity contribution in [1.29, 1.82) is 0 Å². The summed E-state index contributed by atoms with van der Waals surface area (Å²) in [6.45, 7) is 4.77. The molecule has 3 N–H and O–H groups in total. The van der Waals surface area contributed by atoms with E-state index in [0.29, 0.717) is 12.5 Å². The Balaban J connectivity index is 1.94. The van der Waals surface area contributed by atoms with Crippen molar-refractivity contribution >= 4 is 0 Å². The fourth-order valence-electron chi connectivity index (χ4n) is 2.89. The number of hydrogen-bond donors (Lipinski definition) is 2. The van der Waals surface area contributed by atoms with Gasteiger partial charge in [0.2, 0.25) is 0 Å². The van der Waals surface area contributed by atoms with Crippen molar-refractivity contribution in [1.82, 2.24) is 4.90 Å². The number of β-amino-alcohol motifs (C(OH)–C–C–N with tert-alkyl or cyclic N) is 1. The molecule has 1 aromatic carbocycles. The van der Waals surface area contributed by atoms with Crippen LogP contribution in [0, 0.1) is 5.92 Å². The normalized spacial score (nSPS) is 23.3. The second-order valence-corrected chi connectivity index (χ2v) is 5.81. The van der Waals surface area contributed by atoms with Crippen LogP contribution in [0.25, 0.3) is 0 Å². The van der Waals surface area contributed by atoms with Crippen molar-refractivity contribution in [3.63, 3.8) is 0 Å². The molecule has 1 saturated heterocycles. The maximum absolute atomic E-state index is 10.4. The van der Waals surface area contributed by atoms with Crippen LogP contribution in [0.15, 0.2) is 24.3 Å². The molecule has 20 heavy (non-hydrogen) atoms. The lowest BCUT2D eigenvalue weighted by molar-refractivity contribution is 0.0800. The van der Waals surface area contributed by atoms with E-state index in [0.717, 1.165) is 30.8 Å². The summed E-state index contributed by atoms with van der Waals surface area (Å²) in [4.78, 5) is 2.32. The maximum Gasteiger partial charge on any atom is 0.119 e. The van der Waals surface area contributed by atoms with Crippen molar-refractivity contribution in [2.75, 3.05) is 26.7 Å². The molecule has 0 aromatic heterocycles. The summed E-state index contributed by atoms with van der Waals surface area (Å²) in [5.74, 6) is 1.33. The van der Waals surface area contributed by atoms with Crippen LogP contribution in [0.3, 0.4) is 0 Å². The fourth-order valence-corrected chi connectivity index (χ4v) is 2.89. The molecule has 0 radical (unpaired) electrons. The van der Waals surface area contributed by atoms with Crippen LogP contribution in [0.2, 0.25) is 0 Å². The lowest BCUT2D eigenvalue weighted by atomic mass is 9.92. The van der Waals surface area contributed by atoms with Gasteiger partial charge in [0.15, 0.2) is 0 Å². The standard InChI is InChI=1S/C16H26N2O2/c1-12(17)14-6-4-8-18(10-14)11-16(19)13-5-3-7-15(9-13)20-2/h3,5,7,9,12,14,16,19H,4,6,8,10-11,17H2,1-2H3. The summed E-state index contributed by atoms with van der Waals surface area (Å²) >= 11 is 0. The van der Waals surface area contributed by atoms with Crippen LogP contribution in [0.5, 0.6) is 5.75 Å². The Labute approximate surface area is 121 Å². The van der Waals surface area contributed by atoms with E-state index in [1.807, 2.05) is 24.3 Å². The first-order valence-electron chi connectivity index (χ1n) is 7.40. The summed E-state index contributed by atoms with van der Waals surface area (Å²) in [5.41, 5.74) is 6.91. The number of methoxy groups -OCH3 is 1. The van der Waals surface area contributed by atoms with Crippen LogP contribution < -0.4 is 10.5 Å². The third-order valence-electron chi connectivity index (χ3n) is 4.20. The SMILES string of the molecule is COc1cccc(C(O)CN2CCCC(C(C)N)C2)c1. The number of benzene rings is 1. The number of ether oxygens (including phenoxy) is 1. The molecule has 4 nitrogen and oxygen atoms in total. The van der Waals surface area contributed by atoms with Gasteiger partial charge in [-0.05, 0) is 49.9 Å². The summed E-state index contributed by atoms with van der Waals surface area (Å²) in [6.07, 6.45) is 1.89. The third-order valence-corrected chi connectivity index (χ3v) is 4.20. The minimum absolute atomic E-state index is 0.228. The van der Waals surface area contributed by atoms with Gasteiger partial charge in [-0.2, -0.15) is 0 Å². The van der Waals surface area contributed by atoms with Gasteiger partial charge in [-0.3, -0.25) is 0 Å². The molecule has 4 heteroatoms. The number of likely N-dealkylation sites (tertiary alicyclic amines) is 1. The van der Waals surface area contributed by atoms with E-state index in [1.165, 1.54) is 6.42 Å². The fraction of sp³-hybridized carbons (Fsp3) is 0.625. The highest BCUT2D eigenvalue weighted by Crippen LogP contribution is 2.23. The van der Waals surface area contributed by atoms with Gasteiger partial charge in [0.05, 0.1) is 13.2 Å². The highest BCUT2D eigenvalue weighted by Gasteiger charge is 2.24. The van der Waals surface area contributed by atoms with Crippen LogP contribution >= 0.6 is 0 Å². The van der Waals surface area contributed by atoms with Crippen molar-refractivity contribution in [2.24, 2.45) is 11.7 Å². The number of aliphatic hydroxyl groups is 1. The van der Waals surface area contributed by atoms with Crippen molar-refractivity contribution in [2.45, 2.75) is 31.9 Å². The highest BCUT2D eigenvalue weighted by molar-refractivity contribution is 5.29. The number of aliphatic hydroxyl groups excluding tert-OH is 1. The zero-order valence-electron chi connectivity index (χ0n) is 12.5. The second kappa shape index (κ2) is 7.07. The summed E-state index contributed by atoms with van der Waals surface area (Å²) in [5, 5.41) is 10.4. The zero-order chi connectivity index (χ0) is 14.5.